The van der Waals surface area contributed by atoms with E-state index < -0.39 is 0 Å². The van der Waals surface area contributed by atoms with E-state index in [0.29, 0.717) is 22.0 Å². The summed E-state index contributed by atoms with van der Waals surface area (Å²) < 4.78 is 6.03. The number of hydrogen-bond acceptors (Lipinski definition) is 2. The predicted molar refractivity (Wildman–Crippen MR) is 83.5 cm³/mol. The first-order valence-corrected chi connectivity index (χ1v) is 8.15. The molecule has 110 valence electrons. The molecule has 4 heteroatoms. The first-order chi connectivity index (χ1) is 9.62. The second-order valence-corrected chi connectivity index (χ2v) is 6.98. The molecule has 2 atom stereocenters. The van der Waals surface area contributed by atoms with Crippen LogP contribution in [-0.4, -0.2) is 19.3 Å². The molecule has 1 aromatic rings. The van der Waals surface area contributed by atoms with Crippen LogP contribution in [0.1, 0.15) is 43.7 Å². The molecule has 1 saturated carbocycles. The molecule has 1 N–H and O–H groups in total. The molecular weight excluding hydrogens is 293 g/mol. The molecular formula is C16H21Cl2NO. The molecule has 0 aromatic heterocycles. The van der Waals surface area contributed by atoms with Crippen molar-refractivity contribution in [3.8, 4) is 0 Å². The zero-order valence-corrected chi connectivity index (χ0v) is 13.3. The monoisotopic (exact) mass is 313 g/mol. The van der Waals surface area contributed by atoms with E-state index in [0.717, 1.165) is 19.4 Å². The lowest BCUT2D eigenvalue weighted by atomic mass is 9.69. The number of nitrogens with one attached hydrogen (secondary N) is 1. The summed E-state index contributed by atoms with van der Waals surface area (Å²) >= 11 is 12.3. The Labute approximate surface area is 130 Å². The molecule has 2 unspecified atom stereocenters. The number of benzene rings is 1. The minimum atomic E-state index is 0.167. The number of rotatable bonds is 3. The van der Waals surface area contributed by atoms with Gasteiger partial charge >= 0.3 is 0 Å². The Morgan fingerprint density at radius 1 is 1.25 bits per heavy atom. The lowest BCUT2D eigenvalue weighted by Crippen LogP contribution is -2.47. The third-order valence-electron chi connectivity index (χ3n) is 4.82. The van der Waals surface area contributed by atoms with Crippen LogP contribution in [0.15, 0.2) is 18.2 Å². The average Bonchev–Trinajstić information content (AvgIpc) is 2.37. The van der Waals surface area contributed by atoms with Crippen molar-refractivity contribution in [3.63, 3.8) is 0 Å². The predicted octanol–water partition coefficient (Wildman–Crippen LogP) is 4.60. The van der Waals surface area contributed by atoms with E-state index in [1.165, 1.54) is 24.8 Å². The van der Waals surface area contributed by atoms with Crippen LogP contribution in [0, 0.1) is 5.92 Å². The fourth-order valence-electron chi connectivity index (χ4n) is 3.70. The Balaban J connectivity index is 1.81. The molecule has 0 radical (unpaired) electrons. The van der Waals surface area contributed by atoms with Gasteiger partial charge in [0.05, 0.1) is 5.60 Å². The lowest BCUT2D eigenvalue weighted by Gasteiger charge is -2.48. The minimum absolute atomic E-state index is 0.167. The van der Waals surface area contributed by atoms with Gasteiger partial charge in [0.25, 0.3) is 0 Å². The van der Waals surface area contributed by atoms with Gasteiger partial charge in [-0.25, -0.2) is 0 Å². The second kappa shape index (κ2) is 5.84. The van der Waals surface area contributed by atoms with Crippen molar-refractivity contribution in [1.82, 2.24) is 5.32 Å². The fourth-order valence-corrected chi connectivity index (χ4v) is 4.24. The number of hydrogen-bond donors (Lipinski definition) is 1. The van der Waals surface area contributed by atoms with Crippen molar-refractivity contribution in [1.29, 1.82) is 0 Å². The number of halogens is 2. The molecule has 2 nitrogen and oxygen atoms in total. The lowest BCUT2D eigenvalue weighted by molar-refractivity contribution is -0.147. The van der Waals surface area contributed by atoms with E-state index in [2.05, 4.69) is 5.32 Å². The van der Waals surface area contributed by atoms with Crippen molar-refractivity contribution in [2.75, 3.05) is 13.7 Å². The van der Waals surface area contributed by atoms with Gasteiger partial charge in [0.1, 0.15) is 0 Å². The van der Waals surface area contributed by atoms with Gasteiger partial charge in [-0.05, 0) is 68.8 Å². The van der Waals surface area contributed by atoms with E-state index in [-0.39, 0.29) is 5.60 Å². The van der Waals surface area contributed by atoms with Crippen molar-refractivity contribution in [3.05, 3.63) is 33.8 Å². The Morgan fingerprint density at radius 2 is 1.95 bits per heavy atom. The van der Waals surface area contributed by atoms with E-state index in [1.807, 2.05) is 19.2 Å². The smallest absolute Gasteiger partial charge is 0.0686 e. The average molecular weight is 314 g/mol. The van der Waals surface area contributed by atoms with Crippen LogP contribution in [0.25, 0.3) is 0 Å². The summed E-state index contributed by atoms with van der Waals surface area (Å²) in [5, 5.41) is 4.87. The molecule has 2 fully saturated rings. The molecule has 3 rings (SSSR count). The molecule has 0 amide bonds. The van der Waals surface area contributed by atoms with Crippen LogP contribution in [0.5, 0.6) is 0 Å². The maximum absolute atomic E-state index is 6.15. The molecule has 1 spiro atoms. The highest BCUT2D eigenvalue weighted by Gasteiger charge is 2.44. The van der Waals surface area contributed by atoms with Gasteiger partial charge < -0.3 is 10.1 Å². The summed E-state index contributed by atoms with van der Waals surface area (Å²) in [4.78, 5) is 0. The van der Waals surface area contributed by atoms with Crippen molar-refractivity contribution < 1.29 is 4.74 Å². The fraction of sp³-hybridized carbons (Fsp3) is 0.625. The van der Waals surface area contributed by atoms with Crippen LogP contribution in [0.2, 0.25) is 10.0 Å². The van der Waals surface area contributed by atoms with Gasteiger partial charge in [-0.15, -0.1) is 0 Å². The highest BCUT2D eigenvalue weighted by Crippen LogP contribution is 2.47. The Hall–Kier alpha value is -0.280. The maximum Gasteiger partial charge on any atom is 0.0686 e. The molecule has 1 heterocycles. The van der Waals surface area contributed by atoms with Gasteiger partial charge in [0, 0.05) is 22.7 Å². The summed E-state index contributed by atoms with van der Waals surface area (Å²) in [6.45, 7) is 0.872. The maximum atomic E-state index is 6.15. The van der Waals surface area contributed by atoms with Gasteiger partial charge in [-0.3, -0.25) is 0 Å². The Morgan fingerprint density at radius 3 is 2.50 bits per heavy atom. The van der Waals surface area contributed by atoms with E-state index in [1.54, 1.807) is 6.07 Å². The highest BCUT2D eigenvalue weighted by atomic mass is 35.5. The molecule has 1 aliphatic carbocycles. The molecule has 1 aromatic carbocycles. The quantitative estimate of drug-likeness (QED) is 0.880. The SMILES string of the molecule is CNC(c1cc(Cl)cc(Cl)c1)C1CCOC2(CCC2)C1. The summed E-state index contributed by atoms with van der Waals surface area (Å²) in [6.07, 6.45) is 5.98. The first-order valence-electron chi connectivity index (χ1n) is 7.39. The van der Waals surface area contributed by atoms with E-state index in [4.69, 9.17) is 27.9 Å². The van der Waals surface area contributed by atoms with Crippen molar-refractivity contribution >= 4 is 23.2 Å². The first kappa shape index (κ1) is 14.6. The zero-order valence-electron chi connectivity index (χ0n) is 11.8. The topological polar surface area (TPSA) is 21.3 Å². The van der Waals surface area contributed by atoms with E-state index >= 15 is 0 Å². The summed E-state index contributed by atoms with van der Waals surface area (Å²) in [7, 11) is 2.02. The third-order valence-corrected chi connectivity index (χ3v) is 5.26. The second-order valence-electron chi connectivity index (χ2n) is 6.11. The largest absolute Gasteiger partial charge is 0.375 e. The van der Waals surface area contributed by atoms with Gasteiger partial charge in [-0.1, -0.05) is 23.2 Å². The summed E-state index contributed by atoms with van der Waals surface area (Å²) in [5.41, 5.74) is 1.35. The normalized spacial score (nSPS) is 26.2. The van der Waals surface area contributed by atoms with Crippen LogP contribution in [0.4, 0.5) is 0 Å². The van der Waals surface area contributed by atoms with E-state index in [9.17, 15) is 0 Å². The standard InChI is InChI=1S/C16H21Cl2NO/c1-19-15(12-7-13(17)9-14(18)8-12)11-3-6-20-16(10-11)4-2-5-16/h7-9,11,15,19H,2-6,10H2,1H3. The molecule has 2 aliphatic rings. The van der Waals surface area contributed by atoms with Crippen LogP contribution >= 0.6 is 23.2 Å². The van der Waals surface area contributed by atoms with Crippen molar-refractivity contribution in [2.45, 2.75) is 43.7 Å². The molecule has 0 bridgehead atoms. The third kappa shape index (κ3) is 2.85. The van der Waals surface area contributed by atoms with Gasteiger partial charge in [0.2, 0.25) is 0 Å². The zero-order chi connectivity index (χ0) is 14.2. The molecule has 1 saturated heterocycles. The highest BCUT2D eigenvalue weighted by molar-refractivity contribution is 6.34. The summed E-state index contributed by atoms with van der Waals surface area (Å²) in [5.74, 6) is 0.587. The van der Waals surface area contributed by atoms with Crippen LogP contribution in [-0.2, 0) is 4.74 Å². The minimum Gasteiger partial charge on any atom is -0.375 e. The van der Waals surface area contributed by atoms with Gasteiger partial charge in [-0.2, -0.15) is 0 Å². The summed E-state index contributed by atoms with van der Waals surface area (Å²) in [6, 6.07) is 6.14. The van der Waals surface area contributed by atoms with Crippen LogP contribution in [0.3, 0.4) is 0 Å². The van der Waals surface area contributed by atoms with Gasteiger partial charge in [0.15, 0.2) is 0 Å². The Bertz CT molecular complexity index is 467. The molecule has 1 aliphatic heterocycles. The molecule has 20 heavy (non-hydrogen) atoms. The number of ether oxygens (including phenoxy) is 1. The van der Waals surface area contributed by atoms with Crippen LogP contribution < -0.4 is 5.32 Å². The Kier molecular flexibility index (Phi) is 4.28. The van der Waals surface area contributed by atoms with Crippen molar-refractivity contribution in [2.24, 2.45) is 5.92 Å².